The lowest BCUT2D eigenvalue weighted by Crippen LogP contribution is -2.19. The zero-order valence-electron chi connectivity index (χ0n) is 14.0. The third-order valence-electron chi connectivity index (χ3n) is 4.05. The van der Waals surface area contributed by atoms with E-state index in [0.29, 0.717) is 26.9 Å². The molecule has 6 nitrogen and oxygen atoms in total. The Hall–Kier alpha value is -2.09. The van der Waals surface area contributed by atoms with E-state index in [9.17, 15) is 4.79 Å². The van der Waals surface area contributed by atoms with E-state index >= 15 is 0 Å². The molecule has 1 unspecified atom stereocenters. The number of rotatable bonds is 6. The number of carbonyl (C=O) groups is 1. The zero-order chi connectivity index (χ0) is 18.8. The fraction of sp³-hybridized carbons (Fsp3) is 0.222. The number of nitrogens with one attached hydrogen (secondary N) is 1. The normalized spacial score (nSPS) is 14.7. The van der Waals surface area contributed by atoms with Gasteiger partial charge in [0.05, 0.1) is 6.04 Å². The van der Waals surface area contributed by atoms with E-state index in [1.165, 1.54) is 11.8 Å². The number of tetrazole rings is 1. The molecule has 1 aromatic heterocycles. The number of halogens is 2. The molecule has 0 radical (unpaired) electrons. The summed E-state index contributed by atoms with van der Waals surface area (Å²) < 4.78 is 1.80. The second kappa shape index (κ2) is 7.88. The van der Waals surface area contributed by atoms with Crippen LogP contribution in [0.4, 0.5) is 5.69 Å². The van der Waals surface area contributed by atoms with Gasteiger partial charge in [-0.3, -0.25) is 4.79 Å². The van der Waals surface area contributed by atoms with E-state index in [-0.39, 0.29) is 5.91 Å². The van der Waals surface area contributed by atoms with Crippen molar-refractivity contribution in [1.82, 2.24) is 20.2 Å². The lowest BCUT2D eigenvalue weighted by atomic mass is 10.1. The number of amides is 1. The molecule has 1 heterocycles. The molecule has 1 aliphatic carbocycles. The lowest BCUT2D eigenvalue weighted by Gasteiger charge is -2.17. The SMILES string of the molecule is O=C(Nc1cc(Cl)cc(Cl)c1)C(Sc1nnnn1C1CC1)c1ccccc1. The van der Waals surface area contributed by atoms with Crippen molar-refractivity contribution in [1.29, 1.82) is 0 Å². The molecule has 1 atom stereocenters. The molecule has 4 rings (SSSR count). The van der Waals surface area contributed by atoms with Crippen molar-refractivity contribution < 1.29 is 4.79 Å². The summed E-state index contributed by atoms with van der Waals surface area (Å²) in [7, 11) is 0. The number of anilines is 1. The first-order valence-electron chi connectivity index (χ1n) is 8.36. The summed E-state index contributed by atoms with van der Waals surface area (Å²) in [6, 6.07) is 14.8. The molecule has 2 aromatic carbocycles. The predicted octanol–water partition coefficient (Wildman–Crippen LogP) is 4.79. The Morgan fingerprint density at radius 1 is 1.15 bits per heavy atom. The monoisotopic (exact) mass is 419 g/mol. The first-order chi connectivity index (χ1) is 13.1. The number of hydrogen-bond acceptors (Lipinski definition) is 5. The Labute approximate surface area is 170 Å². The van der Waals surface area contributed by atoms with Crippen LogP contribution in [0.5, 0.6) is 0 Å². The van der Waals surface area contributed by atoms with Crippen LogP contribution in [0.25, 0.3) is 0 Å². The van der Waals surface area contributed by atoms with E-state index in [2.05, 4.69) is 20.8 Å². The number of nitrogens with zero attached hydrogens (tertiary/aromatic N) is 4. The zero-order valence-corrected chi connectivity index (χ0v) is 16.4. The van der Waals surface area contributed by atoms with Gasteiger partial charge in [-0.1, -0.05) is 65.3 Å². The van der Waals surface area contributed by atoms with Crippen LogP contribution in [-0.4, -0.2) is 26.1 Å². The van der Waals surface area contributed by atoms with Gasteiger partial charge in [-0.05, 0) is 47.0 Å². The van der Waals surface area contributed by atoms with Gasteiger partial charge < -0.3 is 5.32 Å². The second-order valence-corrected chi connectivity index (χ2v) is 8.14. The van der Waals surface area contributed by atoms with Crippen molar-refractivity contribution in [3.05, 3.63) is 64.1 Å². The standard InChI is InChI=1S/C18H15Cl2N5OS/c19-12-8-13(20)10-14(9-12)21-17(26)16(11-4-2-1-3-5-11)27-18-22-23-24-25(18)15-6-7-15/h1-5,8-10,15-16H,6-7H2,(H,21,26). The number of thioether (sulfide) groups is 1. The van der Waals surface area contributed by atoms with E-state index in [0.717, 1.165) is 18.4 Å². The summed E-state index contributed by atoms with van der Waals surface area (Å²) in [5.74, 6) is -0.199. The quantitative estimate of drug-likeness (QED) is 0.581. The van der Waals surface area contributed by atoms with Gasteiger partial charge in [0.2, 0.25) is 11.1 Å². The molecule has 1 amide bonds. The molecule has 0 spiro atoms. The Morgan fingerprint density at radius 3 is 2.52 bits per heavy atom. The topological polar surface area (TPSA) is 72.7 Å². The minimum Gasteiger partial charge on any atom is -0.325 e. The van der Waals surface area contributed by atoms with Gasteiger partial charge in [-0.2, -0.15) is 0 Å². The highest BCUT2D eigenvalue weighted by Gasteiger charge is 2.31. The molecule has 9 heteroatoms. The van der Waals surface area contributed by atoms with Gasteiger partial charge in [0.1, 0.15) is 5.25 Å². The molecule has 27 heavy (non-hydrogen) atoms. The molecule has 1 N–H and O–H groups in total. The highest BCUT2D eigenvalue weighted by molar-refractivity contribution is 8.00. The Bertz CT molecular complexity index is 941. The summed E-state index contributed by atoms with van der Waals surface area (Å²) >= 11 is 13.4. The summed E-state index contributed by atoms with van der Waals surface area (Å²) in [4.78, 5) is 13.1. The maximum atomic E-state index is 13.1. The largest absolute Gasteiger partial charge is 0.325 e. The molecule has 1 aliphatic rings. The third kappa shape index (κ3) is 4.43. The van der Waals surface area contributed by atoms with Crippen LogP contribution in [0.2, 0.25) is 10.0 Å². The molecule has 1 fully saturated rings. The Morgan fingerprint density at radius 2 is 1.85 bits per heavy atom. The van der Waals surface area contributed by atoms with E-state index in [4.69, 9.17) is 23.2 Å². The number of hydrogen-bond donors (Lipinski definition) is 1. The lowest BCUT2D eigenvalue weighted by molar-refractivity contribution is -0.115. The fourth-order valence-electron chi connectivity index (χ4n) is 2.65. The summed E-state index contributed by atoms with van der Waals surface area (Å²) in [6.07, 6.45) is 2.11. The van der Waals surface area contributed by atoms with Crippen molar-refractivity contribution in [2.45, 2.75) is 29.3 Å². The van der Waals surface area contributed by atoms with Gasteiger partial charge in [0.25, 0.3) is 0 Å². The molecule has 1 saturated carbocycles. The molecular weight excluding hydrogens is 405 g/mol. The van der Waals surface area contributed by atoms with Crippen LogP contribution in [0.1, 0.15) is 29.7 Å². The Balaban J connectivity index is 1.61. The summed E-state index contributed by atoms with van der Waals surface area (Å²) in [5.41, 5.74) is 1.40. The average Bonchev–Trinajstić information content (AvgIpc) is 3.38. The van der Waals surface area contributed by atoms with Crippen molar-refractivity contribution in [3.63, 3.8) is 0 Å². The average molecular weight is 420 g/mol. The van der Waals surface area contributed by atoms with Gasteiger partial charge in [0.15, 0.2) is 0 Å². The van der Waals surface area contributed by atoms with Gasteiger partial charge in [-0.15, -0.1) is 5.10 Å². The van der Waals surface area contributed by atoms with Crippen LogP contribution in [0.15, 0.2) is 53.7 Å². The maximum Gasteiger partial charge on any atom is 0.242 e. The fourth-order valence-corrected chi connectivity index (χ4v) is 4.22. The van der Waals surface area contributed by atoms with Crippen molar-refractivity contribution in [2.75, 3.05) is 5.32 Å². The summed E-state index contributed by atoms with van der Waals surface area (Å²) in [5, 5.41) is 15.9. The molecule has 138 valence electrons. The first-order valence-corrected chi connectivity index (χ1v) is 10.00. The molecular formula is C18H15Cl2N5OS. The number of aromatic nitrogens is 4. The van der Waals surface area contributed by atoms with E-state index in [1.54, 1.807) is 22.9 Å². The highest BCUT2D eigenvalue weighted by atomic mass is 35.5. The van der Waals surface area contributed by atoms with Crippen molar-refractivity contribution in [3.8, 4) is 0 Å². The van der Waals surface area contributed by atoms with E-state index in [1.807, 2.05) is 30.3 Å². The number of benzene rings is 2. The van der Waals surface area contributed by atoms with Crippen LogP contribution < -0.4 is 5.32 Å². The molecule has 0 saturated heterocycles. The van der Waals surface area contributed by atoms with Gasteiger partial charge >= 0.3 is 0 Å². The summed E-state index contributed by atoms with van der Waals surface area (Å²) in [6.45, 7) is 0. The smallest absolute Gasteiger partial charge is 0.242 e. The second-order valence-electron chi connectivity index (χ2n) is 6.19. The van der Waals surface area contributed by atoms with E-state index < -0.39 is 5.25 Å². The van der Waals surface area contributed by atoms with Crippen molar-refractivity contribution >= 4 is 46.6 Å². The molecule has 0 bridgehead atoms. The molecule has 3 aromatic rings. The Kier molecular flexibility index (Phi) is 5.33. The van der Waals surface area contributed by atoms with Crippen LogP contribution in [-0.2, 0) is 4.79 Å². The third-order valence-corrected chi connectivity index (χ3v) is 5.69. The number of carbonyl (C=O) groups excluding carboxylic acids is 1. The van der Waals surface area contributed by atoms with Gasteiger partial charge in [0, 0.05) is 15.7 Å². The maximum absolute atomic E-state index is 13.1. The van der Waals surface area contributed by atoms with Gasteiger partial charge in [-0.25, -0.2) is 4.68 Å². The first kappa shape index (κ1) is 18.3. The minimum absolute atomic E-state index is 0.199. The highest BCUT2D eigenvalue weighted by Crippen LogP contribution is 2.40. The van der Waals surface area contributed by atoms with Crippen molar-refractivity contribution in [2.24, 2.45) is 0 Å². The molecule has 0 aliphatic heterocycles. The predicted molar refractivity (Wildman–Crippen MR) is 106 cm³/mol. The van der Waals surface area contributed by atoms with Crippen LogP contribution in [0.3, 0.4) is 0 Å². The van der Waals surface area contributed by atoms with Crippen LogP contribution >= 0.6 is 35.0 Å². The minimum atomic E-state index is -0.521. The van der Waals surface area contributed by atoms with Crippen LogP contribution in [0, 0.1) is 0 Å².